The summed E-state index contributed by atoms with van der Waals surface area (Å²) in [6, 6.07) is 38.9. The molecule has 3 heteroatoms. The highest BCUT2D eigenvalue weighted by Gasteiger charge is 2.21. The summed E-state index contributed by atoms with van der Waals surface area (Å²) in [7, 11) is 0. The van der Waals surface area contributed by atoms with Gasteiger partial charge in [0.05, 0.1) is 24.7 Å². The Labute approximate surface area is 326 Å². The van der Waals surface area contributed by atoms with Crippen LogP contribution in [0.1, 0.15) is 13.7 Å². The van der Waals surface area contributed by atoms with Crippen LogP contribution >= 0.6 is 0 Å². The molecule has 0 amide bonds. The molecule has 0 fully saturated rings. The van der Waals surface area contributed by atoms with Crippen LogP contribution in [0.5, 0.6) is 0 Å². The van der Waals surface area contributed by atoms with Gasteiger partial charge < -0.3 is 4.42 Å². The van der Waals surface area contributed by atoms with Crippen LogP contribution in [0.4, 0.5) is 0 Å². The minimum Gasteiger partial charge on any atom is -0.456 e. The van der Waals surface area contributed by atoms with Gasteiger partial charge in [-0.1, -0.05) is 151 Å². The Balaban J connectivity index is 1.19. The van der Waals surface area contributed by atoms with Gasteiger partial charge in [-0.2, -0.15) is 0 Å². The van der Waals surface area contributed by atoms with E-state index in [4.69, 9.17) is 23.1 Å². The number of benzene rings is 9. The van der Waals surface area contributed by atoms with Crippen LogP contribution < -0.4 is 0 Å². The lowest BCUT2D eigenvalue weighted by Crippen LogP contribution is -1.97. The molecule has 0 aliphatic carbocycles. The Morgan fingerprint density at radius 2 is 1.09 bits per heavy atom. The van der Waals surface area contributed by atoms with Crippen LogP contribution in [0.2, 0.25) is 0 Å². The van der Waals surface area contributed by atoms with Crippen molar-refractivity contribution in [3.63, 3.8) is 0 Å². The number of imidazole rings is 1. The Morgan fingerprint density at radius 1 is 0.463 bits per heavy atom. The van der Waals surface area contributed by atoms with E-state index in [1.54, 1.807) is 4.57 Å². The fourth-order valence-corrected chi connectivity index (χ4v) is 7.90. The van der Waals surface area contributed by atoms with Gasteiger partial charge in [0.15, 0.2) is 0 Å². The monoisotopic (exact) mass is 698 g/mol. The predicted octanol–water partition coefficient (Wildman–Crippen LogP) is 13.9. The van der Waals surface area contributed by atoms with Gasteiger partial charge in [0.1, 0.15) is 17.0 Å². The van der Waals surface area contributed by atoms with Gasteiger partial charge in [0.2, 0.25) is 0 Å². The molecular formula is C51H32N2O. The highest BCUT2D eigenvalue weighted by atomic mass is 16.3. The van der Waals surface area contributed by atoms with Crippen molar-refractivity contribution in [3.05, 3.63) is 194 Å². The van der Waals surface area contributed by atoms with Gasteiger partial charge in [-0.05, 0) is 97.3 Å². The maximum Gasteiger partial charge on any atom is 0.145 e. The summed E-state index contributed by atoms with van der Waals surface area (Å²) in [5.41, 5.74) is 7.42. The van der Waals surface area contributed by atoms with Gasteiger partial charge >= 0.3 is 0 Å². The lowest BCUT2D eigenvalue weighted by Gasteiger charge is -2.19. The number of para-hydroxylation sites is 4. The molecule has 0 N–H and O–H groups in total. The molecule has 0 spiro atoms. The Bertz CT molecular complexity index is 3740. The number of rotatable bonds is 5. The van der Waals surface area contributed by atoms with Gasteiger partial charge in [-0.25, -0.2) is 4.98 Å². The molecule has 11 rings (SSSR count). The summed E-state index contributed by atoms with van der Waals surface area (Å²) in [6.07, 6.45) is 0. The van der Waals surface area contributed by atoms with E-state index in [-0.39, 0.29) is 35.4 Å². The van der Waals surface area contributed by atoms with Crippen LogP contribution in [-0.4, -0.2) is 9.55 Å². The Morgan fingerprint density at radius 3 is 1.91 bits per heavy atom. The highest BCUT2D eigenvalue weighted by molar-refractivity contribution is 6.26. The van der Waals surface area contributed by atoms with Crippen LogP contribution in [-0.2, 0) is 0 Å². The SMILES string of the molecule is [2H]c1c([2H])c([2H])c(-c2ccc3c(-c4ccc(-c5nc6ccccc6n5-c5c([2H])c([2H])c([2H])c([2H])c5[2H])cc4)c4ccccc4c(-c4cccc5oc6ccccc6c45)c3c2)c([2H])c1[2H]. The van der Waals surface area contributed by atoms with E-state index in [1.807, 2.05) is 115 Å². The lowest BCUT2D eigenvalue weighted by atomic mass is 9.84. The van der Waals surface area contributed by atoms with Crippen molar-refractivity contribution in [3.8, 4) is 50.5 Å². The summed E-state index contributed by atoms with van der Waals surface area (Å²) >= 11 is 0. The van der Waals surface area contributed by atoms with E-state index >= 15 is 0 Å². The second kappa shape index (κ2) is 12.2. The molecule has 2 aromatic heterocycles. The molecule has 0 atom stereocenters. The molecule has 2 heterocycles. The molecule has 9 aromatic carbocycles. The molecule has 54 heavy (non-hydrogen) atoms. The van der Waals surface area contributed by atoms with Crippen LogP contribution in [0, 0.1) is 0 Å². The predicted molar refractivity (Wildman–Crippen MR) is 225 cm³/mol. The fraction of sp³-hybridized carbons (Fsp3) is 0. The highest BCUT2D eigenvalue weighted by Crippen LogP contribution is 2.48. The topological polar surface area (TPSA) is 31.0 Å². The van der Waals surface area contributed by atoms with Crippen molar-refractivity contribution in [1.29, 1.82) is 0 Å². The average molecular weight is 699 g/mol. The number of nitrogens with zero attached hydrogens (tertiary/aromatic N) is 2. The van der Waals surface area contributed by atoms with E-state index in [2.05, 4.69) is 18.2 Å². The first-order valence-corrected chi connectivity index (χ1v) is 17.6. The number of fused-ring (bicyclic) bond motifs is 6. The van der Waals surface area contributed by atoms with Crippen molar-refractivity contribution in [2.24, 2.45) is 0 Å². The maximum atomic E-state index is 8.89. The van der Waals surface area contributed by atoms with E-state index in [9.17, 15) is 0 Å². The second-order valence-corrected chi connectivity index (χ2v) is 13.1. The molecule has 0 bridgehead atoms. The average Bonchev–Trinajstić information content (AvgIpc) is 3.90. The van der Waals surface area contributed by atoms with E-state index < -0.39 is 36.3 Å². The van der Waals surface area contributed by atoms with Crippen LogP contribution in [0.3, 0.4) is 0 Å². The zero-order valence-electron chi connectivity index (χ0n) is 38.5. The molecule has 11 aromatic rings. The summed E-state index contributed by atoms with van der Waals surface area (Å²) < 4.78 is 93.8. The van der Waals surface area contributed by atoms with Crippen molar-refractivity contribution in [1.82, 2.24) is 9.55 Å². The van der Waals surface area contributed by atoms with Crippen molar-refractivity contribution < 1.29 is 18.1 Å². The Hall–Kier alpha value is -7.23. The quantitative estimate of drug-likeness (QED) is 0.168. The molecule has 252 valence electrons. The zero-order chi connectivity index (χ0) is 44.3. The molecule has 0 unspecified atom stereocenters. The van der Waals surface area contributed by atoms with E-state index in [0.29, 0.717) is 33.6 Å². The fourth-order valence-electron chi connectivity index (χ4n) is 7.90. The number of hydrogen-bond donors (Lipinski definition) is 0. The molecule has 3 nitrogen and oxygen atoms in total. The number of aromatic nitrogens is 2. The summed E-state index contributed by atoms with van der Waals surface area (Å²) in [4.78, 5) is 4.93. The molecular weight excluding hydrogens is 657 g/mol. The number of hydrogen-bond acceptors (Lipinski definition) is 2. The van der Waals surface area contributed by atoms with Gasteiger partial charge in [-0.3, -0.25) is 4.57 Å². The van der Waals surface area contributed by atoms with E-state index in [0.717, 1.165) is 60.2 Å². The zero-order valence-corrected chi connectivity index (χ0v) is 28.5. The normalized spacial score (nSPS) is 14.3. The van der Waals surface area contributed by atoms with Gasteiger partial charge in [0, 0.05) is 22.0 Å². The molecule has 0 aliphatic heterocycles. The van der Waals surface area contributed by atoms with Crippen molar-refractivity contribution >= 4 is 54.5 Å². The van der Waals surface area contributed by atoms with Crippen LogP contribution in [0.15, 0.2) is 198 Å². The van der Waals surface area contributed by atoms with Gasteiger partial charge in [0.25, 0.3) is 0 Å². The first kappa shape index (κ1) is 22.0. The van der Waals surface area contributed by atoms with Crippen molar-refractivity contribution in [2.75, 3.05) is 0 Å². The largest absolute Gasteiger partial charge is 0.456 e. The summed E-state index contributed by atoms with van der Waals surface area (Å²) in [6.45, 7) is 0. The third-order valence-corrected chi connectivity index (χ3v) is 10.2. The summed E-state index contributed by atoms with van der Waals surface area (Å²) in [5, 5.41) is 5.40. The van der Waals surface area contributed by atoms with Crippen LogP contribution in [0.25, 0.3) is 105 Å². The second-order valence-electron chi connectivity index (χ2n) is 13.1. The summed E-state index contributed by atoms with van der Waals surface area (Å²) in [5.74, 6) is 0.403. The minimum absolute atomic E-state index is 0.00157. The smallest absolute Gasteiger partial charge is 0.145 e. The maximum absolute atomic E-state index is 8.89. The van der Waals surface area contributed by atoms with Crippen molar-refractivity contribution in [2.45, 2.75) is 0 Å². The first-order chi connectivity index (χ1) is 30.9. The third kappa shape index (κ3) is 4.72. The first-order valence-electron chi connectivity index (χ1n) is 22.6. The standard InChI is InChI=1S/C51H32N2O/c1-3-14-33(15-4-1)36-30-31-40-43(32-36)49(42-21-13-25-47-50(42)41-20-9-12-24-46(41)54-47)39-19-8-7-18-38(39)48(40)34-26-28-35(29-27-34)51-52-44-22-10-11-23-45(44)53(51)37-16-5-2-6-17-37/h1-32H/i1D,2D,3D,4D,5D,6D,14D,15D,16D,17D. The third-order valence-electron chi connectivity index (χ3n) is 10.2. The number of furan rings is 1. The molecule has 0 aliphatic rings. The Kier molecular flexibility index (Phi) is 4.96. The molecule has 0 saturated heterocycles. The molecule has 0 radical (unpaired) electrons. The van der Waals surface area contributed by atoms with E-state index in [1.165, 1.54) is 0 Å². The minimum atomic E-state index is -0.477. The van der Waals surface area contributed by atoms with Gasteiger partial charge in [-0.15, -0.1) is 0 Å². The lowest BCUT2D eigenvalue weighted by molar-refractivity contribution is 0.669. The molecule has 0 saturated carbocycles.